The van der Waals surface area contributed by atoms with E-state index in [1.807, 2.05) is 25.1 Å². The average molecular weight is 431 g/mol. The molecule has 0 radical (unpaired) electrons. The molecule has 3 rings (SSSR count). The molecule has 0 saturated heterocycles. The minimum atomic E-state index is -0.550. The summed E-state index contributed by atoms with van der Waals surface area (Å²) in [5.74, 6) is -0.687. The molecule has 0 aliphatic heterocycles. The van der Waals surface area contributed by atoms with Crippen molar-refractivity contribution in [1.29, 1.82) is 0 Å². The number of aromatic nitrogens is 4. The van der Waals surface area contributed by atoms with Crippen LogP contribution >= 0.6 is 15.9 Å². The molecule has 2 aromatic heterocycles. The Labute approximate surface area is 164 Å². The van der Waals surface area contributed by atoms with Crippen LogP contribution in [-0.2, 0) is 11.3 Å². The number of rotatable bonds is 6. The lowest BCUT2D eigenvalue weighted by Gasteiger charge is -2.12. The Morgan fingerprint density at radius 3 is 2.56 bits per heavy atom. The summed E-state index contributed by atoms with van der Waals surface area (Å²) in [4.78, 5) is 25.2. The number of benzene rings is 1. The number of para-hydroxylation sites is 1. The largest absolute Gasteiger partial charge is 0.321 e. The Morgan fingerprint density at radius 1 is 1.19 bits per heavy atom. The number of nitrogens with one attached hydrogen (secondary N) is 2. The van der Waals surface area contributed by atoms with Crippen molar-refractivity contribution in [2.45, 2.75) is 26.4 Å². The van der Waals surface area contributed by atoms with Gasteiger partial charge in [-0.15, -0.1) is 0 Å². The van der Waals surface area contributed by atoms with Gasteiger partial charge in [0, 0.05) is 24.6 Å². The molecule has 2 heterocycles. The first-order chi connectivity index (χ1) is 13.0. The quantitative estimate of drug-likeness (QED) is 0.626. The fourth-order valence-corrected chi connectivity index (χ4v) is 2.74. The molecule has 2 N–H and O–H groups in total. The first-order valence-electron chi connectivity index (χ1n) is 8.42. The number of halogens is 1. The summed E-state index contributed by atoms with van der Waals surface area (Å²) in [7, 11) is 0. The number of hydrogen-bond donors (Lipinski definition) is 2. The molecule has 1 unspecified atom stereocenters. The van der Waals surface area contributed by atoms with Gasteiger partial charge in [-0.25, -0.2) is 0 Å². The highest BCUT2D eigenvalue weighted by Crippen LogP contribution is 2.19. The zero-order chi connectivity index (χ0) is 19.4. The second-order valence-corrected chi connectivity index (χ2v) is 6.79. The topological polar surface area (TPSA) is 93.8 Å². The predicted molar refractivity (Wildman–Crippen MR) is 106 cm³/mol. The van der Waals surface area contributed by atoms with Crippen molar-refractivity contribution in [2.24, 2.45) is 0 Å². The number of nitrogens with zero attached hydrogens (tertiary/aromatic N) is 4. The Kier molecular flexibility index (Phi) is 5.70. The van der Waals surface area contributed by atoms with Crippen LogP contribution < -0.4 is 10.6 Å². The van der Waals surface area contributed by atoms with E-state index in [1.165, 1.54) is 4.68 Å². The Hall–Kier alpha value is -2.94. The van der Waals surface area contributed by atoms with E-state index < -0.39 is 11.9 Å². The molecule has 0 bridgehead atoms. The molecule has 27 heavy (non-hydrogen) atoms. The molecular weight excluding hydrogens is 412 g/mol. The number of aryl methyl sites for hydroxylation is 1. The molecular formula is C18H19BrN6O2. The molecule has 2 amide bonds. The van der Waals surface area contributed by atoms with Crippen molar-refractivity contribution in [3.63, 3.8) is 0 Å². The molecule has 8 nitrogen and oxygen atoms in total. The number of hydrogen-bond acceptors (Lipinski definition) is 4. The van der Waals surface area contributed by atoms with E-state index in [0.717, 1.165) is 4.47 Å². The van der Waals surface area contributed by atoms with Crippen molar-refractivity contribution < 1.29 is 9.59 Å². The highest BCUT2D eigenvalue weighted by Gasteiger charge is 2.22. The maximum absolute atomic E-state index is 12.6. The van der Waals surface area contributed by atoms with E-state index in [4.69, 9.17) is 0 Å². The van der Waals surface area contributed by atoms with Crippen molar-refractivity contribution in [3.8, 4) is 0 Å². The lowest BCUT2D eigenvalue weighted by molar-refractivity contribution is -0.119. The van der Waals surface area contributed by atoms with E-state index in [0.29, 0.717) is 17.9 Å². The Bertz CT molecular complexity index is 950. The van der Waals surface area contributed by atoms with Crippen molar-refractivity contribution in [2.75, 3.05) is 10.6 Å². The summed E-state index contributed by atoms with van der Waals surface area (Å²) in [5, 5.41) is 14.0. The molecule has 0 aliphatic rings. The number of carbonyl (C=O) groups excluding carboxylic acids is 2. The molecule has 140 valence electrons. The Morgan fingerprint density at radius 2 is 1.93 bits per heavy atom. The summed E-state index contributed by atoms with van der Waals surface area (Å²) < 4.78 is 3.92. The second-order valence-electron chi connectivity index (χ2n) is 5.87. The van der Waals surface area contributed by atoms with Gasteiger partial charge in [-0.1, -0.05) is 18.2 Å². The van der Waals surface area contributed by atoms with Crippen molar-refractivity contribution in [3.05, 3.63) is 59.1 Å². The standard InChI is InChI=1S/C18H19BrN6O2/c1-3-24-11-15(22-17(26)12(2)25-10-13(19)9-20-25)16(23-24)18(27)21-14-7-5-4-6-8-14/h4-12H,3H2,1-2H3,(H,21,27)(H,22,26). The maximum atomic E-state index is 12.6. The summed E-state index contributed by atoms with van der Waals surface area (Å²) in [6.07, 6.45) is 4.96. The molecule has 1 atom stereocenters. The van der Waals surface area contributed by atoms with Crippen LogP contribution in [0.2, 0.25) is 0 Å². The third kappa shape index (κ3) is 4.43. The zero-order valence-electron chi connectivity index (χ0n) is 14.9. The molecule has 3 aromatic rings. The monoisotopic (exact) mass is 430 g/mol. The molecule has 0 fully saturated rings. The summed E-state index contributed by atoms with van der Waals surface area (Å²) in [6.45, 7) is 4.20. The van der Waals surface area contributed by atoms with Gasteiger partial charge in [0.05, 0.1) is 16.4 Å². The first-order valence-corrected chi connectivity index (χ1v) is 9.21. The Balaban J connectivity index is 1.79. The first kappa shape index (κ1) is 18.8. The second kappa shape index (κ2) is 8.17. The SMILES string of the molecule is CCn1cc(NC(=O)C(C)n2cc(Br)cn2)c(C(=O)Nc2ccccc2)n1. The van der Waals surface area contributed by atoms with Crippen LogP contribution in [0, 0.1) is 0 Å². The average Bonchev–Trinajstić information content (AvgIpc) is 3.28. The predicted octanol–water partition coefficient (Wildman–Crippen LogP) is 3.31. The van der Waals surface area contributed by atoms with Gasteiger partial charge in [0.2, 0.25) is 5.91 Å². The van der Waals surface area contributed by atoms with E-state index in [2.05, 4.69) is 36.8 Å². The highest BCUT2D eigenvalue weighted by molar-refractivity contribution is 9.10. The van der Waals surface area contributed by atoms with Gasteiger partial charge >= 0.3 is 0 Å². The summed E-state index contributed by atoms with van der Waals surface area (Å²) in [5.41, 5.74) is 1.16. The van der Waals surface area contributed by atoms with Gasteiger partial charge in [0.1, 0.15) is 6.04 Å². The van der Waals surface area contributed by atoms with Crippen LogP contribution in [0.25, 0.3) is 0 Å². The molecule has 9 heteroatoms. The van der Waals surface area contributed by atoms with E-state index in [-0.39, 0.29) is 11.6 Å². The van der Waals surface area contributed by atoms with Gasteiger partial charge in [0.15, 0.2) is 5.69 Å². The summed E-state index contributed by atoms with van der Waals surface area (Å²) in [6, 6.07) is 8.53. The number of carbonyl (C=O) groups is 2. The van der Waals surface area contributed by atoms with Gasteiger partial charge in [-0.2, -0.15) is 10.2 Å². The van der Waals surface area contributed by atoms with E-state index in [1.54, 1.807) is 42.3 Å². The number of amides is 2. The van der Waals surface area contributed by atoms with Crippen LogP contribution in [0.15, 0.2) is 53.4 Å². The van der Waals surface area contributed by atoms with Crippen molar-refractivity contribution >= 4 is 39.1 Å². The van der Waals surface area contributed by atoms with E-state index >= 15 is 0 Å². The highest BCUT2D eigenvalue weighted by atomic mass is 79.9. The molecule has 0 saturated carbocycles. The van der Waals surface area contributed by atoms with Gasteiger partial charge < -0.3 is 10.6 Å². The lowest BCUT2D eigenvalue weighted by Crippen LogP contribution is -2.25. The van der Waals surface area contributed by atoms with Crippen LogP contribution in [-0.4, -0.2) is 31.4 Å². The molecule has 1 aromatic carbocycles. The van der Waals surface area contributed by atoms with E-state index in [9.17, 15) is 9.59 Å². The van der Waals surface area contributed by atoms with Crippen LogP contribution in [0.4, 0.5) is 11.4 Å². The van der Waals surface area contributed by atoms with Gasteiger partial charge in [-0.05, 0) is 41.9 Å². The zero-order valence-corrected chi connectivity index (χ0v) is 16.5. The van der Waals surface area contributed by atoms with Crippen LogP contribution in [0.1, 0.15) is 30.4 Å². The molecule has 0 aliphatic carbocycles. The van der Waals surface area contributed by atoms with Crippen LogP contribution in [0.3, 0.4) is 0 Å². The minimum Gasteiger partial charge on any atom is -0.321 e. The van der Waals surface area contributed by atoms with Crippen molar-refractivity contribution in [1.82, 2.24) is 19.6 Å². The number of anilines is 2. The van der Waals surface area contributed by atoms with Gasteiger partial charge in [0.25, 0.3) is 5.91 Å². The van der Waals surface area contributed by atoms with Crippen LogP contribution in [0.5, 0.6) is 0 Å². The third-order valence-electron chi connectivity index (χ3n) is 3.94. The maximum Gasteiger partial charge on any atom is 0.278 e. The normalized spacial score (nSPS) is 11.8. The smallest absolute Gasteiger partial charge is 0.278 e. The fraction of sp³-hybridized carbons (Fsp3) is 0.222. The minimum absolute atomic E-state index is 0.155. The van der Waals surface area contributed by atoms with Gasteiger partial charge in [-0.3, -0.25) is 19.0 Å². The third-order valence-corrected chi connectivity index (χ3v) is 4.35. The summed E-state index contributed by atoms with van der Waals surface area (Å²) >= 11 is 3.31. The fourth-order valence-electron chi connectivity index (χ4n) is 2.44. The lowest BCUT2D eigenvalue weighted by atomic mass is 10.2. The molecule has 0 spiro atoms.